The van der Waals surface area contributed by atoms with Gasteiger partial charge in [0, 0.05) is 37.1 Å². The zero-order valence-corrected chi connectivity index (χ0v) is 21.8. The summed E-state index contributed by atoms with van der Waals surface area (Å²) in [5, 5.41) is 8.97. The van der Waals surface area contributed by atoms with Crippen molar-refractivity contribution in [3.63, 3.8) is 0 Å². The highest BCUT2D eigenvalue weighted by atomic mass is 35.5. The van der Waals surface area contributed by atoms with Crippen molar-refractivity contribution in [3.05, 3.63) is 93.8 Å². The minimum absolute atomic E-state index is 0.133. The van der Waals surface area contributed by atoms with Crippen LogP contribution >= 0.6 is 46.3 Å². The minimum Gasteiger partial charge on any atom is -0.322 e. The first-order valence-electron chi connectivity index (χ1n) is 10.8. The van der Waals surface area contributed by atoms with E-state index < -0.39 is 0 Å². The second-order valence-corrected chi connectivity index (χ2v) is 10.5. The molecule has 3 aromatic carbocycles. The van der Waals surface area contributed by atoms with Gasteiger partial charge in [-0.3, -0.25) is 9.59 Å². The first kappa shape index (κ1) is 25.3. The molecule has 0 radical (unpaired) electrons. The van der Waals surface area contributed by atoms with Crippen LogP contribution in [-0.4, -0.2) is 22.0 Å². The van der Waals surface area contributed by atoms with E-state index in [1.54, 1.807) is 30.3 Å². The molecule has 178 valence electrons. The molecule has 5 nitrogen and oxygen atoms in total. The van der Waals surface area contributed by atoms with Crippen LogP contribution in [0.15, 0.2) is 83.1 Å². The van der Waals surface area contributed by atoms with Gasteiger partial charge in [0.05, 0.1) is 10.9 Å². The van der Waals surface area contributed by atoms with Crippen LogP contribution in [0.25, 0.3) is 11.3 Å². The predicted molar refractivity (Wildman–Crippen MR) is 147 cm³/mol. The third-order valence-corrected chi connectivity index (χ3v) is 7.68. The Morgan fingerprint density at radius 3 is 2.57 bits per heavy atom. The maximum absolute atomic E-state index is 13.0. The zero-order chi connectivity index (χ0) is 24.8. The summed E-state index contributed by atoms with van der Waals surface area (Å²) in [6, 6.07) is 21.6. The number of nitrogens with zero attached hydrogens (tertiary/aromatic N) is 1. The van der Waals surface area contributed by atoms with Crippen molar-refractivity contribution in [2.24, 2.45) is 0 Å². The molecule has 1 heterocycles. The van der Waals surface area contributed by atoms with Gasteiger partial charge >= 0.3 is 0 Å². The van der Waals surface area contributed by atoms with Crippen LogP contribution in [0.2, 0.25) is 10.0 Å². The molecule has 4 rings (SSSR count). The van der Waals surface area contributed by atoms with Crippen LogP contribution in [0.5, 0.6) is 0 Å². The van der Waals surface area contributed by atoms with Crippen LogP contribution < -0.4 is 10.6 Å². The molecule has 0 spiro atoms. The number of halogens is 2. The molecular weight excluding hydrogens is 521 g/mol. The average molecular weight is 543 g/mol. The van der Waals surface area contributed by atoms with E-state index in [-0.39, 0.29) is 17.1 Å². The Hall–Kier alpha value is -2.84. The van der Waals surface area contributed by atoms with E-state index in [9.17, 15) is 9.59 Å². The van der Waals surface area contributed by atoms with Crippen LogP contribution in [0.3, 0.4) is 0 Å². The van der Waals surface area contributed by atoms with E-state index >= 15 is 0 Å². The summed E-state index contributed by atoms with van der Waals surface area (Å²) in [7, 11) is 0. The lowest BCUT2D eigenvalue weighted by Crippen LogP contribution is -2.24. The average Bonchev–Trinajstić information content (AvgIpc) is 3.31. The number of thiazole rings is 1. The van der Waals surface area contributed by atoms with Gasteiger partial charge in [0.25, 0.3) is 5.91 Å². The molecule has 2 N–H and O–H groups in total. The number of carbonyl (C=O) groups excluding carboxylic acids is 2. The highest BCUT2D eigenvalue weighted by molar-refractivity contribution is 8.00. The van der Waals surface area contributed by atoms with E-state index in [1.165, 1.54) is 23.1 Å². The number of carbonyl (C=O) groups is 2. The Bertz CT molecular complexity index is 1360. The quantitative estimate of drug-likeness (QED) is 0.222. The smallest absolute Gasteiger partial charge is 0.255 e. The van der Waals surface area contributed by atoms with Crippen LogP contribution in [0.1, 0.15) is 23.7 Å². The molecule has 0 bridgehead atoms. The number of hydrogen-bond donors (Lipinski definition) is 2. The minimum atomic E-state index is -0.332. The summed E-state index contributed by atoms with van der Waals surface area (Å²) in [6.07, 6.45) is 0.623. The van der Waals surface area contributed by atoms with Crippen LogP contribution in [0, 0.1) is 0 Å². The fraction of sp³-hybridized carbons (Fsp3) is 0.115. The molecule has 2 amide bonds. The molecule has 4 aromatic rings. The molecule has 0 aliphatic heterocycles. The number of amides is 2. The summed E-state index contributed by atoms with van der Waals surface area (Å²) >= 11 is 15.0. The van der Waals surface area contributed by atoms with Gasteiger partial charge in [0.15, 0.2) is 5.13 Å². The second-order valence-electron chi connectivity index (χ2n) is 7.51. The largest absolute Gasteiger partial charge is 0.322 e. The molecule has 1 atom stereocenters. The molecular formula is C26H21Cl2N3O2S2. The Morgan fingerprint density at radius 1 is 1.00 bits per heavy atom. The molecule has 0 aliphatic rings. The van der Waals surface area contributed by atoms with Crippen LogP contribution in [-0.2, 0) is 4.79 Å². The van der Waals surface area contributed by atoms with Crippen molar-refractivity contribution in [1.29, 1.82) is 0 Å². The number of hydrogen-bond acceptors (Lipinski definition) is 5. The van der Waals surface area contributed by atoms with Gasteiger partial charge < -0.3 is 10.6 Å². The molecule has 1 aromatic heterocycles. The summed E-state index contributed by atoms with van der Waals surface area (Å²) in [6.45, 7) is 1.96. The second kappa shape index (κ2) is 11.7. The zero-order valence-electron chi connectivity index (χ0n) is 18.6. The fourth-order valence-corrected chi connectivity index (χ4v) is 5.43. The summed E-state index contributed by atoms with van der Waals surface area (Å²) in [5.74, 6) is -0.386. The fourth-order valence-electron chi connectivity index (χ4n) is 3.28. The van der Waals surface area contributed by atoms with Gasteiger partial charge in [0.2, 0.25) is 5.91 Å². The van der Waals surface area contributed by atoms with E-state index in [2.05, 4.69) is 15.6 Å². The first-order valence-corrected chi connectivity index (χ1v) is 13.3. The number of benzene rings is 3. The van der Waals surface area contributed by atoms with Crippen molar-refractivity contribution in [3.8, 4) is 11.3 Å². The van der Waals surface area contributed by atoms with Crippen molar-refractivity contribution < 1.29 is 9.59 Å². The van der Waals surface area contributed by atoms with Gasteiger partial charge in [-0.25, -0.2) is 4.98 Å². The van der Waals surface area contributed by atoms with Crippen molar-refractivity contribution >= 4 is 68.9 Å². The third-order valence-electron chi connectivity index (χ3n) is 5.00. The highest BCUT2D eigenvalue weighted by Crippen LogP contribution is 2.32. The highest BCUT2D eigenvalue weighted by Gasteiger charge is 2.20. The number of anilines is 2. The predicted octanol–water partition coefficient (Wildman–Crippen LogP) is 7.88. The number of aromatic nitrogens is 1. The summed E-state index contributed by atoms with van der Waals surface area (Å²) in [5.41, 5.74) is 2.66. The maximum Gasteiger partial charge on any atom is 0.255 e. The van der Waals surface area contributed by atoms with Gasteiger partial charge in [0.1, 0.15) is 0 Å². The molecule has 9 heteroatoms. The van der Waals surface area contributed by atoms with Crippen LogP contribution in [0.4, 0.5) is 10.8 Å². The lowest BCUT2D eigenvalue weighted by Gasteiger charge is -2.14. The molecule has 0 saturated carbocycles. The van der Waals surface area contributed by atoms with E-state index in [0.717, 1.165) is 16.2 Å². The Balaban J connectivity index is 1.41. The normalized spacial score (nSPS) is 11.6. The Kier molecular flexibility index (Phi) is 8.46. The maximum atomic E-state index is 13.0. The Morgan fingerprint density at radius 2 is 1.80 bits per heavy atom. The molecule has 35 heavy (non-hydrogen) atoms. The third kappa shape index (κ3) is 6.64. The molecule has 1 unspecified atom stereocenters. The van der Waals surface area contributed by atoms with Gasteiger partial charge in [-0.1, -0.05) is 60.5 Å². The summed E-state index contributed by atoms with van der Waals surface area (Å²) < 4.78 is 0. The first-order chi connectivity index (χ1) is 16.9. The molecule has 0 aliphatic carbocycles. The number of rotatable bonds is 8. The standard InChI is InChI=1S/C26H21Cl2N3O2S2/c1-2-23(25(33)31-26-30-22(15-34-26)20-11-3-4-12-21(20)28)35-19-10-6-9-18(14-19)29-24(32)16-7-5-8-17(27)13-16/h3-15,23H,2H2,1H3,(H,29,32)(H,30,31,33). The molecule has 0 fully saturated rings. The van der Waals surface area contributed by atoms with Crippen molar-refractivity contribution in [2.75, 3.05) is 10.6 Å². The van der Waals surface area contributed by atoms with Gasteiger partial charge in [-0.05, 0) is 48.9 Å². The monoisotopic (exact) mass is 541 g/mol. The van der Waals surface area contributed by atoms with Gasteiger partial charge in [-0.2, -0.15) is 0 Å². The van der Waals surface area contributed by atoms with E-state index in [4.69, 9.17) is 23.2 Å². The SMILES string of the molecule is CCC(Sc1cccc(NC(=O)c2cccc(Cl)c2)c1)C(=O)Nc1nc(-c2ccccc2Cl)cs1. The summed E-state index contributed by atoms with van der Waals surface area (Å²) in [4.78, 5) is 30.9. The lowest BCUT2D eigenvalue weighted by atomic mass is 10.2. The number of thioether (sulfide) groups is 1. The van der Waals surface area contributed by atoms with Gasteiger partial charge in [-0.15, -0.1) is 23.1 Å². The number of nitrogens with one attached hydrogen (secondary N) is 2. The van der Waals surface area contributed by atoms with E-state index in [0.29, 0.717) is 32.8 Å². The van der Waals surface area contributed by atoms with Crippen molar-refractivity contribution in [1.82, 2.24) is 4.98 Å². The Labute approximate surface area is 221 Å². The lowest BCUT2D eigenvalue weighted by molar-refractivity contribution is -0.115. The topological polar surface area (TPSA) is 71.1 Å². The van der Waals surface area contributed by atoms with Crippen molar-refractivity contribution in [2.45, 2.75) is 23.5 Å². The van der Waals surface area contributed by atoms with E-state index in [1.807, 2.05) is 54.8 Å². The molecule has 0 saturated heterocycles.